The Morgan fingerprint density at radius 2 is 1.81 bits per heavy atom. The summed E-state index contributed by atoms with van der Waals surface area (Å²) < 4.78 is 41.9. The standard InChI is InChI=1S/C17H26N2O6S/c1-23-11-12-25-13-17(20)18-14-7-9-19(10-8-14)26(21,22)16-5-3-15(24-2)4-6-16/h3-6,14H,7-13H2,1-2H3,(H,18,20). The number of rotatable bonds is 9. The van der Waals surface area contributed by atoms with Crippen molar-refractivity contribution in [3.63, 3.8) is 0 Å². The Morgan fingerprint density at radius 1 is 1.15 bits per heavy atom. The van der Waals surface area contributed by atoms with E-state index in [1.807, 2.05) is 0 Å². The molecule has 1 heterocycles. The van der Waals surface area contributed by atoms with Gasteiger partial charge in [0, 0.05) is 26.2 Å². The fraction of sp³-hybridized carbons (Fsp3) is 0.588. The molecular weight excluding hydrogens is 360 g/mol. The largest absolute Gasteiger partial charge is 0.497 e. The minimum Gasteiger partial charge on any atom is -0.497 e. The lowest BCUT2D eigenvalue weighted by Gasteiger charge is -2.31. The van der Waals surface area contributed by atoms with Crippen LogP contribution in [-0.2, 0) is 24.3 Å². The van der Waals surface area contributed by atoms with Crippen LogP contribution in [0.15, 0.2) is 29.2 Å². The molecule has 1 amide bonds. The van der Waals surface area contributed by atoms with Gasteiger partial charge in [-0.15, -0.1) is 0 Å². The first-order valence-electron chi connectivity index (χ1n) is 8.47. The van der Waals surface area contributed by atoms with E-state index in [-0.39, 0.29) is 23.5 Å². The summed E-state index contributed by atoms with van der Waals surface area (Å²) in [5, 5.41) is 2.88. The molecule has 9 heteroatoms. The maximum absolute atomic E-state index is 12.7. The second kappa shape index (κ2) is 9.86. The topological polar surface area (TPSA) is 94.2 Å². The van der Waals surface area contributed by atoms with E-state index < -0.39 is 10.0 Å². The van der Waals surface area contributed by atoms with Gasteiger partial charge in [-0.3, -0.25) is 4.79 Å². The number of carbonyl (C=O) groups is 1. The molecule has 146 valence electrons. The second-order valence-corrected chi connectivity index (χ2v) is 7.90. The molecule has 1 saturated heterocycles. The minimum absolute atomic E-state index is 0.0201. The Labute approximate surface area is 154 Å². The zero-order valence-corrected chi connectivity index (χ0v) is 16.0. The van der Waals surface area contributed by atoms with E-state index in [0.29, 0.717) is 44.9 Å². The van der Waals surface area contributed by atoms with E-state index >= 15 is 0 Å². The third kappa shape index (κ3) is 5.66. The molecule has 1 aromatic carbocycles. The van der Waals surface area contributed by atoms with Crippen LogP contribution in [0, 0.1) is 0 Å². The van der Waals surface area contributed by atoms with Gasteiger partial charge in [0.05, 0.1) is 25.2 Å². The Kier molecular flexibility index (Phi) is 7.83. The summed E-state index contributed by atoms with van der Waals surface area (Å²) >= 11 is 0. The van der Waals surface area contributed by atoms with Crippen molar-refractivity contribution in [2.24, 2.45) is 0 Å². The van der Waals surface area contributed by atoms with Gasteiger partial charge in [-0.2, -0.15) is 4.31 Å². The Morgan fingerprint density at radius 3 is 2.38 bits per heavy atom. The van der Waals surface area contributed by atoms with Gasteiger partial charge in [0.1, 0.15) is 12.4 Å². The van der Waals surface area contributed by atoms with Gasteiger partial charge in [-0.25, -0.2) is 8.42 Å². The molecule has 0 spiro atoms. The van der Waals surface area contributed by atoms with Crippen molar-refractivity contribution in [1.29, 1.82) is 0 Å². The van der Waals surface area contributed by atoms with Crippen molar-refractivity contribution in [3.05, 3.63) is 24.3 Å². The molecule has 0 unspecified atom stereocenters. The van der Waals surface area contributed by atoms with Gasteiger partial charge in [0.15, 0.2) is 0 Å². The Hall–Kier alpha value is -1.68. The number of hydrogen-bond donors (Lipinski definition) is 1. The first-order valence-corrected chi connectivity index (χ1v) is 9.91. The number of benzene rings is 1. The van der Waals surface area contributed by atoms with Crippen molar-refractivity contribution in [3.8, 4) is 5.75 Å². The van der Waals surface area contributed by atoms with Crippen LogP contribution in [0.5, 0.6) is 5.75 Å². The van der Waals surface area contributed by atoms with E-state index in [0.717, 1.165) is 0 Å². The Bertz CT molecular complexity index is 669. The van der Waals surface area contributed by atoms with Crippen LogP contribution < -0.4 is 10.1 Å². The van der Waals surface area contributed by atoms with Crippen LogP contribution in [0.2, 0.25) is 0 Å². The van der Waals surface area contributed by atoms with Crippen LogP contribution >= 0.6 is 0 Å². The molecule has 8 nitrogen and oxygen atoms in total. The normalized spacial score (nSPS) is 16.4. The molecule has 0 aromatic heterocycles. The molecule has 1 aliphatic rings. The molecule has 1 fully saturated rings. The first kappa shape index (κ1) is 20.6. The fourth-order valence-corrected chi connectivity index (χ4v) is 4.18. The monoisotopic (exact) mass is 386 g/mol. The van der Waals surface area contributed by atoms with Crippen molar-refractivity contribution in [2.45, 2.75) is 23.8 Å². The summed E-state index contributed by atoms with van der Waals surface area (Å²) in [7, 11) is -0.433. The quantitative estimate of drug-likeness (QED) is 0.626. The highest BCUT2D eigenvalue weighted by Crippen LogP contribution is 2.22. The molecular formula is C17H26N2O6S. The van der Waals surface area contributed by atoms with Crippen molar-refractivity contribution in [2.75, 3.05) is 47.1 Å². The number of piperidine rings is 1. The van der Waals surface area contributed by atoms with Gasteiger partial charge >= 0.3 is 0 Å². The fourth-order valence-electron chi connectivity index (χ4n) is 2.71. The molecule has 2 rings (SSSR count). The number of sulfonamides is 1. The van der Waals surface area contributed by atoms with Crippen LogP contribution in [0.3, 0.4) is 0 Å². The summed E-state index contributed by atoms with van der Waals surface area (Å²) in [6.45, 7) is 1.51. The number of ether oxygens (including phenoxy) is 3. The summed E-state index contributed by atoms with van der Waals surface area (Å²) in [6.07, 6.45) is 1.14. The van der Waals surface area contributed by atoms with Crippen molar-refractivity contribution < 1.29 is 27.4 Å². The predicted octanol–water partition coefficient (Wildman–Crippen LogP) is 0.628. The van der Waals surface area contributed by atoms with E-state index in [4.69, 9.17) is 14.2 Å². The summed E-state index contributed by atoms with van der Waals surface area (Å²) in [4.78, 5) is 12.1. The summed E-state index contributed by atoms with van der Waals surface area (Å²) in [5.74, 6) is 0.413. The molecule has 0 saturated carbocycles. The lowest BCUT2D eigenvalue weighted by atomic mass is 10.1. The number of amides is 1. The third-order valence-electron chi connectivity index (χ3n) is 4.18. The highest BCUT2D eigenvalue weighted by atomic mass is 32.2. The lowest BCUT2D eigenvalue weighted by molar-refractivity contribution is -0.127. The average Bonchev–Trinajstić information content (AvgIpc) is 2.66. The van der Waals surface area contributed by atoms with E-state index in [2.05, 4.69) is 5.32 Å². The van der Waals surface area contributed by atoms with Crippen LogP contribution in [0.1, 0.15) is 12.8 Å². The second-order valence-electron chi connectivity index (χ2n) is 5.97. The van der Waals surface area contributed by atoms with E-state index in [1.54, 1.807) is 31.4 Å². The zero-order chi connectivity index (χ0) is 19.0. The first-order chi connectivity index (χ1) is 12.5. The van der Waals surface area contributed by atoms with Crippen LogP contribution in [0.25, 0.3) is 0 Å². The number of nitrogens with one attached hydrogen (secondary N) is 1. The van der Waals surface area contributed by atoms with Crippen LogP contribution in [-0.4, -0.2) is 71.8 Å². The number of hydrogen-bond acceptors (Lipinski definition) is 6. The summed E-state index contributed by atoms with van der Waals surface area (Å²) in [5.41, 5.74) is 0. The molecule has 0 aliphatic carbocycles. The number of carbonyl (C=O) groups excluding carboxylic acids is 1. The average molecular weight is 386 g/mol. The summed E-state index contributed by atoms with van der Waals surface area (Å²) in [6, 6.07) is 6.29. The third-order valence-corrected chi connectivity index (χ3v) is 6.09. The molecule has 0 bridgehead atoms. The SMILES string of the molecule is COCCOCC(=O)NC1CCN(S(=O)(=O)c2ccc(OC)cc2)CC1. The van der Waals surface area contributed by atoms with E-state index in [1.165, 1.54) is 11.4 Å². The molecule has 0 atom stereocenters. The molecule has 1 aromatic rings. The van der Waals surface area contributed by atoms with Gasteiger partial charge in [0.2, 0.25) is 15.9 Å². The van der Waals surface area contributed by atoms with Gasteiger partial charge < -0.3 is 19.5 Å². The zero-order valence-electron chi connectivity index (χ0n) is 15.1. The smallest absolute Gasteiger partial charge is 0.246 e. The molecule has 26 heavy (non-hydrogen) atoms. The highest BCUT2D eigenvalue weighted by molar-refractivity contribution is 7.89. The Balaban J connectivity index is 1.82. The maximum Gasteiger partial charge on any atom is 0.246 e. The predicted molar refractivity (Wildman–Crippen MR) is 95.6 cm³/mol. The molecule has 1 aliphatic heterocycles. The minimum atomic E-state index is -3.53. The highest BCUT2D eigenvalue weighted by Gasteiger charge is 2.29. The lowest BCUT2D eigenvalue weighted by Crippen LogP contribution is -2.47. The van der Waals surface area contributed by atoms with Crippen LogP contribution in [0.4, 0.5) is 0 Å². The number of nitrogens with zero attached hydrogens (tertiary/aromatic N) is 1. The number of methoxy groups -OCH3 is 2. The molecule has 0 radical (unpaired) electrons. The van der Waals surface area contributed by atoms with Crippen molar-refractivity contribution in [1.82, 2.24) is 9.62 Å². The van der Waals surface area contributed by atoms with Crippen molar-refractivity contribution >= 4 is 15.9 Å². The maximum atomic E-state index is 12.7. The molecule has 1 N–H and O–H groups in total. The van der Waals surface area contributed by atoms with Gasteiger partial charge in [-0.05, 0) is 37.1 Å². The van der Waals surface area contributed by atoms with Gasteiger partial charge in [-0.1, -0.05) is 0 Å². The van der Waals surface area contributed by atoms with Gasteiger partial charge in [0.25, 0.3) is 0 Å². The van der Waals surface area contributed by atoms with E-state index in [9.17, 15) is 13.2 Å².